The Kier molecular flexibility index (Phi) is 18.7. The Morgan fingerprint density at radius 2 is 1.39 bits per heavy atom. The number of ether oxygens (including phenoxy) is 2. The van der Waals surface area contributed by atoms with E-state index >= 15 is 0 Å². The van der Waals surface area contributed by atoms with E-state index in [1.54, 1.807) is 41.5 Å². The van der Waals surface area contributed by atoms with Gasteiger partial charge in [0.05, 0.1) is 36.7 Å². The molecule has 0 saturated carbocycles. The van der Waals surface area contributed by atoms with Gasteiger partial charge in [0.1, 0.15) is 0 Å². The number of likely N-dealkylation sites (tertiary alicyclic amines) is 1. The SMILES string of the molecule is CCOP(CC)(OCC)=C(C(=O)OCOC(=O)C(C)(C)C)N1C(=O)[C@H]([C@@H](C)O[Si](CC)(CC)CC)[C@H]1[C@@H](C)C(=O)S[C@@H]1CC(=O)N([Si](CC)(CC)CC)C1. The molecule has 0 radical (unpaired) electrons. The van der Waals surface area contributed by atoms with Gasteiger partial charge < -0.3 is 27.5 Å². The van der Waals surface area contributed by atoms with Crippen molar-refractivity contribution in [3.8, 4) is 0 Å². The maximum atomic E-state index is 14.7. The van der Waals surface area contributed by atoms with Gasteiger partial charge in [-0.05, 0) is 77.8 Å². The van der Waals surface area contributed by atoms with Crippen LogP contribution in [0.1, 0.15) is 103 Å². The molecule has 0 unspecified atom stereocenters. The van der Waals surface area contributed by atoms with Gasteiger partial charge in [-0.25, -0.2) is 4.79 Å². The predicted molar refractivity (Wildman–Crippen MR) is 223 cm³/mol. The molecule has 5 atom stereocenters. The van der Waals surface area contributed by atoms with Crippen molar-refractivity contribution in [3.63, 3.8) is 0 Å². The lowest BCUT2D eigenvalue weighted by atomic mass is 9.77. The quantitative estimate of drug-likeness (QED) is 0.0346. The van der Waals surface area contributed by atoms with E-state index in [0.717, 1.165) is 36.3 Å². The summed E-state index contributed by atoms with van der Waals surface area (Å²) in [5, 5.41) is -0.364. The highest BCUT2D eigenvalue weighted by Gasteiger charge is 2.59. The monoisotopic (exact) mass is 834 g/mol. The fourth-order valence-corrected chi connectivity index (χ4v) is 18.7. The van der Waals surface area contributed by atoms with Crippen molar-refractivity contribution in [1.82, 2.24) is 9.47 Å². The minimum atomic E-state index is -3.29. The van der Waals surface area contributed by atoms with Gasteiger partial charge in [-0.3, -0.25) is 24.1 Å². The first-order chi connectivity index (χ1) is 25.3. The average molecular weight is 835 g/mol. The first kappa shape index (κ1) is 48.7. The molecule has 312 valence electrons. The summed E-state index contributed by atoms with van der Waals surface area (Å²) in [6.07, 6.45) is 0.0145. The first-order valence-electron chi connectivity index (χ1n) is 20.2. The van der Waals surface area contributed by atoms with Gasteiger partial charge in [0.25, 0.3) is 0 Å². The molecule has 2 aliphatic rings. The van der Waals surface area contributed by atoms with Crippen LogP contribution in [0.25, 0.3) is 0 Å². The van der Waals surface area contributed by atoms with Crippen LogP contribution >= 0.6 is 19.1 Å². The summed E-state index contributed by atoms with van der Waals surface area (Å²) in [6.45, 7) is 27.3. The Morgan fingerprint density at radius 1 is 0.852 bits per heavy atom. The summed E-state index contributed by atoms with van der Waals surface area (Å²) < 4.78 is 32.4. The van der Waals surface area contributed by atoms with Crippen molar-refractivity contribution in [2.24, 2.45) is 17.3 Å². The number of carbonyl (C=O) groups is 5. The van der Waals surface area contributed by atoms with E-state index in [-0.39, 0.29) is 47.0 Å². The molecule has 0 aromatic rings. The summed E-state index contributed by atoms with van der Waals surface area (Å²) in [4.78, 5) is 70.7. The molecule has 2 saturated heterocycles. The maximum Gasteiger partial charge on any atom is 0.362 e. The Labute approximate surface area is 332 Å². The fourth-order valence-electron chi connectivity index (χ4n) is 7.93. The zero-order chi connectivity index (χ0) is 41.2. The molecular formula is C38H71N2O10PSSi2. The zero-order valence-corrected chi connectivity index (χ0v) is 39.4. The number of nitrogens with zero attached hydrogens (tertiary/aromatic N) is 2. The van der Waals surface area contributed by atoms with E-state index < -0.39 is 72.0 Å². The van der Waals surface area contributed by atoms with Crippen LogP contribution in [0.15, 0.2) is 0 Å². The Hall–Kier alpha value is -1.49. The van der Waals surface area contributed by atoms with Crippen LogP contribution in [0.3, 0.4) is 0 Å². The van der Waals surface area contributed by atoms with Crippen molar-refractivity contribution < 1.29 is 46.9 Å². The third-order valence-electron chi connectivity index (χ3n) is 11.7. The van der Waals surface area contributed by atoms with Crippen LogP contribution in [0, 0.1) is 17.3 Å². The highest BCUT2D eigenvalue weighted by atomic mass is 32.2. The summed E-state index contributed by atoms with van der Waals surface area (Å²) >= 11 is 1.18. The van der Waals surface area contributed by atoms with Gasteiger partial charge in [0.2, 0.25) is 18.6 Å². The molecule has 0 spiro atoms. The third kappa shape index (κ3) is 10.5. The summed E-state index contributed by atoms with van der Waals surface area (Å²) in [6, 6.07) is 4.77. The molecule has 0 aromatic heterocycles. The van der Waals surface area contributed by atoms with Crippen molar-refractivity contribution in [1.29, 1.82) is 0 Å². The lowest BCUT2D eigenvalue weighted by molar-refractivity contribution is -0.172. The van der Waals surface area contributed by atoms with Gasteiger partial charge in [0, 0.05) is 30.3 Å². The van der Waals surface area contributed by atoms with E-state index in [9.17, 15) is 24.0 Å². The van der Waals surface area contributed by atoms with Crippen molar-refractivity contribution >= 4 is 69.9 Å². The molecule has 0 N–H and O–H groups in total. The highest BCUT2D eigenvalue weighted by Crippen LogP contribution is 2.55. The third-order valence-corrected chi connectivity index (χ3v) is 26.4. The largest absolute Gasteiger partial charge is 0.427 e. The number of thioether (sulfide) groups is 1. The van der Waals surface area contributed by atoms with E-state index in [4.69, 9.17) is 22.9 Å². The minimum Gasteiger partial charge on any atom is -0.427 e. The molecule has 2 aliphatic heterocycles. The molecule has 0 bridgehead atoms. The Morgan fingerprint density at radius 3 is 1.83 bits per heavy atom. The number of hydrogen-bond donors (Lipinski definition) is 0. The van der Waals surface area contributed by atoms with Gasteiger partial charge in [0.15, 0.2) is 34.4 Å². The number of esters is 2. The number of carbonyl (C=O) groups excluding carboxylic acids is 5. The van der Waals surface area contributed by atoms with Crippen LogP contribution in [0.4, 0.5) is 0 Å². The molecule has 0 aromatic carbocycles. The van der Waals surface area contributed by atoms with Gasteiger partial charge in [-0.15, -0.1) is 0 Å². The lowest BCUT2D eigenvalue weighted by Crippen LogP contribution is -2.71. The highest BCUT2D eigenvalue weighted by molar-refractivity contribution is 8.14. The second-order valence-electron chi connectivity index (χ2n) is 15.5. The molecule has 12 nitrogen and oxygen atoms in total. The van der Waals surface area contributed by atoms with Gasteiger partial charge in [-0.1, -0.05) is 67.2 Å². The molecular weight excluding hydrogens is 764 g/mol. The van der Waals surface area contributed by atoms with Crippen molar-refractivity contribution in [2.75, 3.05) is 32.7 Å². The minimum absolute atomic E-state index is 0.0829. The normalized spacial score (nSPS) is 20.8. The van der Waals surface area contributed by atoms with Crippen LogP contribution in [-0.2, 0) is 46.9 Å². The number of hydrogen-bond acceptors (Lipinski definition) is 11. The molecule has 0 aliphatic carbocycles. The second-order valence-corrected chi connectivity index (χ2v) is 29.6. The first-order valence-corrected chi connectivity index (χ1v) is 28.0. The van der Waals surface area contributed by atoms with Gasteiger partial charge >= 0.3 is 11.9 Å². The number of β-lactam (4-membered cyclic amide) rings is 1. The molecule has 2 heterocycles. The molecule has 2 rings (SSSR count). The second kappa shape index (κ2) is 20.8. The standard InChI is InChI=1S/C38H71N2O10PSSi2/c1-15-48-51(17-3,49-16-2)34(35(43)46-26-47-37(45)38(12,13)14)40-32(31(33(40)42)28(11)50-54(21-7,22-8)23-9)27(10)36(44)52-29-24-30(41)39(25-29)53(18-4,19-5)20-6/h27-29,31-32H,15-26H2,1-14H3/t27-,28-,29-,31-,32-/m1/s1. The predicted octanol–water partition coefficient (Wildman–Crippen LogP) is 7.89. The topological polar surface area (TPSA) is 138 Å². The van der Waals surface area contributed by atoms with E-state index in [0.29, 0.717) is 13.0 Å². The Bertz CT molecular complexity index is 1360. The van der Waals surface area contributed by atoms with E-state index in [1.807, 2.05) is 13.8 Å². The average Bonchev–Trinajstić information content (AvgIpc) is 3.51. The summed E-state index contributed by atoms with van der Waals surface area (Å²) in [5.74, 6) is -3.19. The molecule has 2 fully saturated rings. The smallest absolute Gasteiger partial charge is 0.362 e. The maximum absolute atomic E-state index is 14.7. The van der Waals surface area contributed by atoms with Crippen LogP contribution in [0.2, 0.25) is 36.3 Å². The van der Waals surface area contributed by atoms with Gasteiger partial charge in [-0.2, -0.15) is 0 Å². The molecule has 54 heavy (non-hydrogen) atoms. The number of rotatable bonds is 22. The fraction of sp³-hybridized carbons (Fsp3) is 0.842. The van der Waals surface area contributed by atoms with Crippen LogP contribution < -0.4 is 0 Å². The van der Waals surface area contributed by atoms with Crippen molar-refractivity contribution in [2.45, 2.75) is 157 Å². The Balaban J connectivity index is 2.69. The lowest BCUT2D eigenvalue weighted by Gasteiger charge is -2.53. The molecule has 16 heteroatoms. The summed E-state index contributed by atoms with van der Waals surface area (Å²) in [7, 11) is -7.46. The van der Waals surface area contributed by atoms with Crippen LogP contribution in [0.5, 0.6) is 0 Å². The van der Waals surface area contributed by atoms with Crippen LogP contribution in [-0.4, -0.2) is 110 Å². The van der Waals surface area contributed by atoms with E-state index in [1.165, 1.54) is 16.7 Å². The zero-order valence-electron chi connectivity index (χ0n) is 35.7. The van der Waals surface area contributed by atoms with Crippen molar-refractivity contribution in [3.05, 3.63) is 0 Å². The summed E-state index contributed by atoms with van der Waals surface area (Å²) in [5.41, 5.74) is -0.909. The van der Waals surface area contributed by atoms with E-state index in [2.05, 4.69) is 46.1 Å². The number of amides is 2. The molecule has 2 amide bonds.